The van der Waals surface area contributed by atoms with Gasteiger partial charge in [0, 0.05) is 44.1 Å². The van der Waals surface area contributed by atoms with E-state index in [0.717, 1.165) is 43.9 Å². The van der Waals surface area contributed by atoms with Gasteiger partial charge in [-0.1, -0.05) is 5.16 Å². The van der Waals surface area contributed by atoms with Gasteiger partial charge in [0.2, 0.25) is 10.0 Å². The monoisotopic (exact) mass is 455 g/mol. The standard InChI is InChI=1S/C15H23N3O4S.C2HF3O2/c1-10-4-12(17-22-10)6-18-7-14-11(9-21-15(14)8-18)5-16-23(19,20)13-2-3-13;3-2(4,5)1(6)7/h4,11,13-16H,2-3,5-9H2,1H3;(H,6,7)/t11-,14+,15+;/m0./s1. The van der Waals surface area contributed by atoms with Crippen LogP contribution >= 0.6 is 0 Å². The lowest BCUT2D eigenvalue weighted by Gasteiger charge is -2.19. The van der Waals surface area contributed by atoms with Gasteiger partial charge in [-0.25, -0.2) is 17.9 Å². The maximum absolute atomic E-state index is 12.0. The van der Waals surface area contributed by atoms with Crippen LogP contribution < -0.4 is 4.72 Å². The summed E-state index contributed by atoms with van der Waals surface area (Å²) in [5, 5.41) is 11.0. The fraction of sp³-hybridized carbons (Fsp3) is 0.765. The number of carbonyl (C=O) groups is 1. The third-order valence-corrected chi connectivity index (χ3v) is 7.25. The Bertz CT molecular complexity index is 855. The van der Waals surface area contributed by atoms with Crippen LogP contribution in [0, 0.1) is 18.8 Å². The van der Waals surface area contributed by atoms with Crippen LogP contribution in [0.25, 0.3) is 0 Å². The zero-order valence-electron chi connectivity index (χ0n) is 16.3. The number of likely N-dealkylation sites (tertiary alicyclic amines) is 1. The lowest BCUT2D eigenvalue weighted by Crippen LogP contribution is -2.35. The number of nitrogens with one attached hydrogen (secondary N) is 1. The first-order chi connectivity index (χ1) is 14.0. The Balaban J connectivity index is 0.000000318. The van der Waals surface area contributed by atoms with Crippen LogP contribution in [0.3, 0.4) is 0 Å². The second kappa shape index (κ2) is 8.81. The van der Waals surface area contributed by atoms with Gasteiger partial charge in [-0.05, 0) is 19.8 Å². The number of sulfonamides is 1. The molecule has 170 valence electrons. The van der Waals surface area contributed by atoms with E-state index < -0.39 is 22.2 Å². The molecule has 1 aliphatic carbocycles. The van der Waals surface area contributed by atoms with E-state index in [1.165, 1.54) is 0 Å². The molecule has 0 bridgehead atoms. The van der Waals surface area contributed by atoms with E-state index in [2.05, 4.69) is 14.8 Å². The molecule has 3 fully saturated rings. The summed E-state index contributed by atoms with van der Waals surface area (Å²) in [5.74, 6) is -1.28. The van der Waals surface area contributed by atoms with Gasteiger partial charge in [-0.2, -0.15) is 13.2 Å². The largest absolute Gasteiger partial charge is 0.490 e. The zero-order chi connectivity index (χ0) is 22.1. The summed E-state index contributed by atoms with van der Waals surface area (Å²) in [6.07, 6.45) is -3.28. The molecule has 9 nitrogen and oxygen atoms in total. The molecule has 4 rings (SSSR count). The predicted octanol–water partition coefficient (Wildman–Crippen LogP) is 1.14. The topological polar surface area (TPSA) is 122 Å². The number of alkyl halides is 3. The van der Waals surface area contributed by atoms with Crippen molar-refractivity contribution in [2.24, 2.45) is 11.8 Å². The van der Waals surface area contributed by atoms with Crippen molar-refractivity contribution in [2.45, 2.75) is 43.8 Å². The van der Waals surface area contributed by atoms with E-state index in [1.54, 1.807) is 0 Å². The molecule has 2 saturated heterocycles. The minimum atomic E-state index is -5.08. The second-order valence-electron chi connectivity index (χ2n) is 7.81. The highest BCUT2D eigenvalue weighted by Gasteiger charge is 2.45. The first-order valence-corrected chi connectivity index (χ1v) is 11.0. The molecule has 3 heterocycles. The van der Waals surface area contributed by atoms with Crippen molar-refractivity contribution in [1.29, 1.82) is 0 Å². The number of aliphatic carboxylic acids is 1. The van der Waals surface area contributed by atoms with Gasteiger partial charge in [0.15, 0.2) is 0 Å². The van der Waals surface area contributed by atoms with Crippen LogP contribution in [0.5, 0.6) is 0 Å². The Morgan fingerprint density at radius 1 is 1.37 bits per heavy atom. The summed E-state index contributed by atoms with van der Waals surface area (Å²) in [4.78, 5) is 11.2. The number of nitrogens with zero attached hydrogens (tertiary/aromatic N) is 2. The first-order valence-electron chi connectivity index (χ1n) is 9.50. The number of carboxylic acid groups (broad SMARTS) is 1. The number of ether oxygens (including phenoxy) is 1. The summed E-state index contributed by atoms with van der Waals surface area (Å²) in [6.45, 7) is 5.60. The van der Waals surface area contributed by atoms with Crippen molar-refractivity contribution in [3.63, 3.8) is 0 Å². The Labute approximate surface area is 171 Å². The number of aryl methyl sites for hydroxylation is 1. The highest BCUT2D eigenvalue weighted by atomic mass is 32.2. The third kappa shape index (κ3) is 5.93. The van der Waals surface area contributed by atoms with Gasteiger partial charge in [0.25, 0.3) is 0 Å². The quantitative estimate of drug-likeness (QED) is 0.655. The van der Waals surface area contributed by atoms with Gasteiger partial charge < -0.3 is 14.4 Å². The van der Waals surface area contributed by atoms with Gasteiger partial charge >= 0.3 is 12.1 Å². The molecule has 1 saturated carbocycles. The van der Waals surface area contributed by atoms with Crippen LogP contribution in [0.15, 0.2) is 10.6 Å². The molecule has 13 heteroatoms. The van der Waals surface area contributed by atoms with Crippen LogP contribution in [0.4, 0.5) is 13.2 Å². The number of hydrogen-bond donors (Lipinski definition) is 2. The summed E-state index contributed by atoms with van der Waals surface area (Å²) in [6, 6.07) is 1.95. The minimum absolute atomic E-state index is 0.156. The highest BCUT2D eigenvalue weighted by molar-refractivity contribution is 7.90. The molecule has 0 unspecified atom stereocenters. The molecule has 1 aromatic heterocycles. The fourth-order valence-electron chi connectivity index (χ4n) is 3.66. The normalized spacial score (nSPS) is 26.9. The summed E-state index contributed by atoms with van der Waals surface area (Å²) < 4.78 is 69.5. The van der Waals surface area contributed by atoms with Crippen LogP contribution in [0.2, 0.25) is 0 Å². The number of aromatic nitrogens is 1. The molecule has 0 spiro atoms. The van der Waals surface area contributed by atoms with E-state index in [9.17, 15) is 21.6 Å². The van der Waals surface area contributed by atoms with E-state index in [1.807, 2.05) is 13.0 Å². The summed E-state index contributed by atoms with van der Waals surface area (Å²) >= 11 is 0. The molecule has 0 aromatic carbocycles. The smallest absolute Gasteiger partial charge is 0.475 e. The van der Waals surface area contributed by atoms with Crippen molar-refractivity contribution in [1.82, 2.24) is 14.8 Å². The minimum Gasteiger partial charge on any atom is -0.475 e. The van der Waals surface area contributed by atoms with E-state index in [4.69, 9.17) is 19.2 Å². The third-order valence-electron chi connectivity index (χ3n) is 5.33. The molecule has 30 heavy (non-hydrogen) atoms. The molecule has 3 atom stereocenters. The van der Waals surface area contributed by atoms with E-state index >= 15 is 0 Å². The van der Waals surface area contributed by atoms with Crippen LogP contribution in [-0.4, -0.2) is 73.3 Å². The van der Waals surface area contributed by atoms with Crippen LogP contribution in [-0.2, 0) is 26.1 Å². The van der Waals surface area contributed by atoms with E-state index in [0.29, 0.717) is 19.1 Å². The molecule has 3 aliphatic rings. The SMILES string of the molecule is Cc1cc(CN2C[C@@H]3[C@@H](CNS(=O)(=O)C4CC4)CO[C@@H]3C2)no1.O=C(O)C(F)(F)F. The average Bonchev–Trinajstić information content (AvgIpc) is 3.18. The van der Waals surface area contributed by atoms with Crippen molar-refractivity contribution in [3.8, 4) is 0 Å². The Morgan fingerprint density at radius 3 is 2.57 bits per heavy atom. The van der Waals surface area contributed by atoms with E-state index in [-0.39, 0.29) is 17.3 Å². The number of fused-ring (bicyclic) bond motifs is 1. The maximum Gasteiger partial charge on any atom is 0.490 e. The highest BCUT2D eigenvalue weighted by Crippen LogP contribution is 2.34. The molecule has 0 amide bonds. The van der Waals surface area contributed by atoms with Crippen LogP contribution in [0.1, 0.15) is 24.3 Å². The van der Waals surface area contributed by atoms with Gasteiger partial charge in [0.1, 0.15) is 5.76 Å². The van der Waals surface area contributed by atoms with Gasteiger partial charge in [-0.3, -0.25) is 4.90 Å². The Hall–Kier alpha value is -1.70. The Kier molecular flexibility index (Phi) is 6.75. The molecule has 1 aromatic rings. The van der Waals surface area contributed by atoms with Crippen molar-refractivity contribution < 1.29 is 40.8 Å². The second-order valence-corrected chi connectivity index (χ2v) is 9.86. The van der Waals surface area contributed by atoms with Crippen molar-refractivity contribution in [3.05, 3.63) is 17.5 Å². The lowest BCUT2D eigenvalue weighted by molar-refractivity contribution is -0.192. The fourth-order valence-corrected chi connectivity index (χ4v) is 5.10. The molecular formula is C17H24F3N3O6S. The van der Waals surface area contributed by atoms with Gasteiger partial charge in [-0.15, -0.1) is 0 Å². The number of rotatable bonds is 6. The lowest BCUT2D eigenvalue weighted by atomic mass is 9.93. The summed E-state index contributed by atoms with van der Waals surface area (Å²) in [7, 11) is -3.10. The molecular weight excluding hydrogens is 431 g/mol. The number of carboxylic acids is 1. The first kappa shape index (κ1) is 23.0. The predicted molar refractivity (Wildman–Crippen MR) is 96.9 cm³/mol. The molecule has 0 radical (unpaired) electrons. The van der Waals surface area contributed by atoms with Crippen molar-refractivity contribution in [2.75, 3.05) is 26.2 Å². The number of halogens is 3. The average molecular weight is 455 g/mol. The molecule has 2 N–H and O–H groups in total. The Morgan fingerprint density at radius 2 is 2.03 bits per heavy atom. The van der Waals surface area contributed by atoms with Crippen molar-refractivity contribution >= 4 is 16.0 Å². The molecule has 2 aliphatic heterocycles. The maximum atomic E-state index is 12.0. The van der Waals surface area contributed by atoms with Gasteiger partial charge in [0.05, 0.1) is 23.7 Å². The zero-order valence-corrected chi connectivity index (χ0v) is 17.1. The number of hydrogen-bond acceptors (Lipinski definition) is 7. The summed E-state index contributed by atoms with van der Waals surface area (Å²) in [5.41, 5.74) is 0.938.